The second-order valence-electron chi connectivity index (χ2n) is 7.03. The quantitative estimate of drug-likeness (QED) is 0.490. The minimum atomic E-state index is -0.146. The Balaban J connectivity index is 1.67. The average Bonchev–Trinajstić information content (AvgIpc) is 3.40. The van der Waals surface area contributed by atoms with E-state index in [2.05, 4.69) is 30.8 Å². The van der Waals surface area contributed by atoms with Crippen LogP contribution in [-0.2, 0) is 0 Å². The van der Waals surface area contributed by atoms with Gasteiger partial charge in [-0.2, -0.15) is 0 Å². The molecule has 5 rings (SSSR count). The zero-order chi connectivity index (χ0) is 20.5. The highest BCUT2D eigenvalue weighted by Gasteiger charge is 2.42. The molecular formula is C23H19N5OS. The first-order chi connectivity index (χ1) is 14.7. The Morgan fingerprint density at radius 2 is 1.77 bits per heavy atom. The number of aromatic nitrogens is 3. The van der Waals surface area contributed by atoms with E-state index in [1.807, 2.05) is 60.9 Å². The molecule has 0 radical (unpaired) electrons. The number of anilines is 1. The van der Waals surface area contributed by atoms with Crippen molar-refractivity contribution in [3.05, 3.63) is 103 Å². The number of hydrogen-bond donors (Lipinski definition) is 2. The molecule has 2 atom stereocenters. The molecule has 30 heavy (non-hydrogen) atoms. The molecule has 2 N–H and O–H groups in total. The molecule has 1 fully saturated rings. The number of pyridine rings is 2. The zero-order valence-corrected chi connectivity index (χ0v) is 16.8. The van der Waals surface area contributed by atoms with Crippen molar-refractivity contribution in [2.75, 3.05) is 4.90 Å². The number of aromatic hydroxyl groups is 1. The smallest absolute Gasteiger partial charge is 0.174 e. The monoisotopic (exact) mass is 413 g/mol. The third kappa shape index (κ3) is 3.19. The van der Waals surface area contributed by atoms with Crippen LogP contribution < -0.4 is 10.2 Å². The summed E-state index contributed by atoms with van der Waals surface area (Å²) in [5, 5.41) is 13.8. The van der Waals surface area contributed by atoms with E-state index in [0.717, 1.165) is 22.8 Å². The van der Waals surface area contributed by atoms with Crippen molar-refractivity contribution in [3.8, 4) is 11.4 Å². The van der Waals surface area contributed by atoms with Crippen LogP contribution in [0.4, 0.5) is 5.69 Å². The first-order valence-corrected chi connectivity index (χ1v) is 10.0. The fourth-order valence-corrected chi connectivity index (χ4v) is 4.26. The number of benzene rings is 1. The second kappa shape index (κ2) is 7.61. The van der Waals surface area contributed by atoms with Gasteiger partial charge in [-0.25, -0.2) is 0 Å². The van der Waals surface area contributed by atoms with Gasteiger partial charge in [-0.15, -0.1) is 0 Å². The third-order valence-electron chi connectivity index (χ3n) is 5.23. The van der Waals surface area contributed by atoms with Crippen molar-refractivity contribution in [1.29, 1.82) is 0 Å². The van der Waals surface area contributed by atoms with Gasteiger partial charge in [0.05, 0.1) is 23.6 Å². The molecule has 148 valence electrons. The number of hydrogen-bond acceptors (Lipinski definition) is 4. The Labute approximate surface area is 179 Å². The van der Waals surface area contributed by atoms with Gasteiger partial charge in [-0.05, 0) is 72.9 Å². The first-order valence-electron chi connectivity index (χ1n) is 9.60. The lowest BCUT2D eigenvalue weighted by Crippen LogP contribution is -2.30. The SMILES string of the molecule is Oc1ccc(N2C(=S)N[C@H](c3ccccn3)[C@H]2c2cccn2-c2cccnc2)cc1. The average molecular weight is 414 g/mol. The highest BCUT2D eigenvalue weighted by atomic mass is 32.1. The van der Waals surface area contributed by atoms with Crippen molar-refractivity contribution in [1.82, 2.24) is 19.9 Å². The van der Waals surface area contributed by atoms with Gasteiger partial charge in [0.1, 0.15) is 11.8 Å². The van der Waals surface area contributed by atoms with Gasteiger partial charge in [0, 0.05) is 30.0 Å². The number of rotatable bonds is 4. The van der Waals surface area contributed by atoms with Crippen LogP contribution in [0.3, 0.4) is 0 Å². The van der Waals surface area contributed by atoms with Crippen molar-refractivity contribution >= 4 is 23.0 Å². The van der Waals surface area contributed by atoms with Crippen LogP contribution in [-0.4, -0.2) is 24.8 Å². The van der Waals surface area contributed by atoms with E-state index in [4.69, 9.17) is 12.2 Å². The summed E-state index contributed by atoms with van der Waals surface area (Å²) < 4.78 is 2.12. The van der Waals surface area contributed by atoms with E-state index < -0.39 is 0 Å². The maximum atomic E-state index is 9.75. The Kier molecular flexibility index (Phi) is 4.65. The number of phenolic OH excluding ortho intramolecular Hbond substituents is 1. The summed E-state index contributed by atoms with van der Waals surface area (Å²) in [5.74, 6) is 0.216. The number of phenols is 1. The lowest BCUT2D eigenvalue weighted by atomic mass is 10.0. The molecule has 1 aliphatic heterocycles. The lowest BCUT2D eigenvalue weighted by molar-refractivity contribution is 0.475. The highest BCUT2D eigenvalue weighted by molar-refractivity contribution is 7.80. The van der Waals surface area contributed by atoms with Crippen LogP contribution in [0.5, 0.6) is 5.75 Å². The Hall–Kier alpha value is -3.71. The van der Waals surface area contributed by atoms with Gasteiger partial charge in [-0.3, -0.25) is 9.97 Å². The van der Waals surface area contributed by atoms with Crippen LogP contribution in [0, 0.1) is 0 Å². The molecule has 0 bridgehead atoms. The molecule has 1 aromatic carbocycles. The van der Waals surface area contributed by atoms with Crippen LogP contribution >= 0.6 is 12.2 Å². The molecular weight excluding hydrogens is 394 g/mol. The molecule has 1 aliphatic rings. The topological polar surface area (TPSA) is 66.2 Å². The lowest BCUT2D eigenvalue weighted by Gasteiger charge is -2.29. The zero-order valence-electron chi connectivity index (χ0n) is 16.0. The largest absolute Gasteiger partial charge is 0.508 e. The van der Waals surface area contributed by atoms with Gasteiger partial charge in [0.25, 0.3) is 0 Å². The van der Waals surface area contributed by atoms with E-state index >= 15 is 0 Å². The van der Waals surface area contributed by atoms with E-state index in [0.29, 0.717) is 5.11 Å². The van der Waals surface area contributed by atoms with Crippen LogP contribution in [0.15, 0.2) is 91.5 Å². The summed E-state index contributed by atoms with van der Waals surface area (Å²) in [6, 6.07) is 20.7. The first kappa shape index (κ1) is 18.3. The molecule has 0 spiro atoms. The fourth-order valence-electron chi connectivity index (χ4n) is 3.91. The molecule has 0 unspecified atom stereocenters. The summed E-state index contributed by atoms with van der Waals surface area (Å²) >= 11 is 5.75. The summed E-state index contributed by atoms with van der Waals surface area (Å²) in [6.07, 6.45) is 7.42. The Morgan fingerprint density at radius 1 is 0.900 bits per heavy atom. The van der Waals surface area contributed by atoms with Gasteiger partial charge >= 0.3 is 0 Å². The predicted octanol–water partition coefficient (Wildman–Crippen LogP) is 4.15. The standard InChI is InChI=1S/C23H19N5OS/c29-18-10-8-16(9-11-18)28-22(21(26-23(28)30)19-6-1-2-13-25-19)20-7-4-14-27(20)17-5-3-12-24-15-17/h1-15,21-22,29H,(H,26,30)/t21-,22-/m1/s1. The van der Waals surface area contributed by atoms with Crippen molar-refractivity contribution in [3.63, 3.8) is 0 Å². The second-order valence-corrected chi connectivity index (χ2v) is 7.41. The van der Waals surface area contributed by atoms with Gasteiger partial charge < -0.3 is 19.9 Å². The molecule has 0 amide bonds. The molecule has 4 heterocycles. The molecule has 3 aromatic heterocycles. The summed E-state index contributed by atoms with van der Waals surface area (Å²) in [6.45, 7) is 0. The van der Waals surface area contributed by atoms with E-state index in [1.54, 1.807) is 24.5 Å². The fraction of sp³-hybridized carbons (Fsp3) is 0.0870. The molecule has 7 heteroatoms. The van der Waals surface area contributed by atoms with Crippen molar-refractivity contribution < 1.29 is 5.11 Å². The minimum absolute atomic E-state index is 0.141. The highest BCUT2D eigenvalue weighted by Crippen LogP contribution is 2.42. The van der Waals surface area contributed by atoms with E-state index in [1.165, 1.54) is 0 Å². The number of nitrogens with one attached hydrogen (secondary N) is 1. The summed E-state index contributed by atoms with van der Waals surface area (Å²) in [4.78, 5) is 10.9. The predicted molar refractivity (Wildman–Crippen MR) is 120 cm³/mol. The van der Waals surface area contributed by atoms with Crippen molar-refractivity contribution in [2.24, 2.45) is 0 Å². The summed E-state index contributed by atoms with van der Waals surface area (Å²) in [7, 11) is 0. The minimum Gasteiger partial charge on any atom is -0.508 e. The van der Waals surface area contributed by atoms with Gasteiger partial charge in [-0.1, -0.05) is 6.07 Å². The maximum absolute atomic E-state index is 9.75. The molecule has 6 nitrogen and oxygen atoms in total. The Morgan fingerprint density at radius 3 is 2.50 bits per heavy atom. The summed E-state index contributed by atoms with van der Waals surface area (Å²) in [5.41, 5.74) is 3.83. The molecule has 1 saturated heterocycles. The maximum Gasteiger partial charge on any atom is 0.174 e. The van der Waals surface area contributed by atoms with E-state index in [9.17, 15) is 5.11 Å². The van der Waals surface area contributed by atoms with Gasteiger partial charge in [0.15, 0.2) is 5.11 Å². The van der Waals surface area contributed by atoms with E-state index in [-0.39, 0.29) is 17.8 Å². The normalized spacial score (nSPS) is 18.4. The molecule has 4 aromatic rings. The van der Waals surface area contributed by atoms with Crippen molar-refractivity contribution in [2.45, 2.75) is 12.1 Å². The third-order valence-corrected chi connectivity index (χ3v) is 5.55. The van der Waals surface area contributed by atoms with Crippen LogP contribution in [0.2, 0.25) is 0 Å². The number of thiocarbonyl (C=S) groups is 1. The molecule has 0 aliphatic carbocycles. The van der Waals surface area contributed by atoms with Crippen LogP contribution in [0.25, 0.3) is 5.69 Å². The Bertz CT molecular complexity index is 1160. The van der Waals surface area contributed by atoms with Crippen LogP contribution in [0.1, 0.15) is 23.5 Å². The molecule has 0 saturated carbocycles. The number of nitrogens with zero attached hydrogens (tertiary/aromatic N) is 4. The van der Waals surface area contributed by atoms with Gasteiger partial charge in [0.2, 0.25) is 0 Å².